The van der Waals surface area contributed by atoms with E-state index in [2.05, 4.69) is 17.4 Å². The molecule has 0 heterocycles. The summed E-state index contributed by atoms with van der Waals surface area (Å²) in [6.45, 7) is 2.02. The summed E-state index contributed by atoms with van der Waals surface area (Å²) in [6.07, 6.45) is 0.824. The van der Waals surface area contributed by atoms with Crippen molar-refractivity contribution in [1.29, 1.82) is 0 Å². The Hall–Kier alpha value is -2.49. The van der Waals surface area contributed by atoms with Crippen LogP contribution in [-0.4, -0.2) is 17.1 Å². The van der Waals surface area contributed by atoms with Gasteiger partial charge in [0.25, 0.3) is 0 Å². The largest absolute Gasteiger partial charge is 0.478 e. The Morgan fingerprint density at radius 1 is 1.25 bits per heavy atom. The fraction of sp³-hybridized carbons (Fsp3) is 0.188. The molecular weight excluding hydrogens is 252 g/mol. The molecule has 0 aliphatic heterocycles. The molecule has 0 aliphatic carbocycles. The Bertz CT molecular complexity index is 597. The number of nitrogen functional groups attached to an aromatic ring is 1. The lowest BCUT2D eigenvalue weighted by atomic mass is 10.1. The first-order chi connectivity index (χ1) is 9.56. The van der Waals surface area contributed by atoms with Gasteiger partial charge >= 0.3 is 5.97 Å². The van der Waals surface area contributed by atoms with Crippen molar-refractivity contribution in [3.8, 4) is 0 Å². The SMILES string of the molecule is CC(Cc1ccccc1)Nc1ccc(N)cc1C(=O)O. The minimum absolute atomic E-state index is 0.124. The molecule has 2 aromatic rings. The Balaban J connectivity index is 2.11. The number of carboxylic acids is 1. The first-order valence-corrected chi connectivity index (χ1v) is 6.49. The maximum absolute atomic E-state index is 11.2. The van der Waals surface area contributed by atoms with Gasteiger partial charge in [0.1, 0.15) is 0 Å². The molecule has 4 heteroatoms. The van der Waals surface area contributed by atoms with E-state index in [1.54, 1.807) is 12.1 Å². The van der Waals surface area contributed by atoms with Crippen molar-refractivity contribution < 1.29 is 9.90 Å². The van der Waals surface area contributed by atoms with E-state index < -0.39 is 5.97 Å². The Morgan fingerprint density at radius 2 is 1.95 bits per heavy atom. The lowest BCUT2D eigenvalue weighted by Crippen LogP contribution is -2.20. The number of aromatic carboxylic acids is 1. The summed E-state index contributed by atoms with van der Waals surface area (Å²) in [5, 5.41) is 12.4. The summed E-state index contributed by atoms with van der Waals surface area (Å²) in [5.41, 5.74) is 8.08. The van der Waals surface area contributed by atoms with Crippen LogP contribution in [0.1, 0.15) is 22.8 Å². The number of nitrogens with one attached hydrogen (secondary N) is 1. The van der Waals surface area contributed by atoms with Crippen LogP contribution in [0.3, 0.4) is 0 Å². The number of benzene rings is 2. The van der Waals surface area contributed by atoms with Gasteiger partial charge in [0, 0.05) is 17.4 Å². The van der Waals surface area contributed by atoms with Gasteiger partial charge in [-0.1, -0.05) is 30.3 Å². The Morgan fingerprint density at radius 3 is 2.60 bits per heavy atom. The van der Waals surface area contributed by atoms with Crippen molar-refractivity contribution in [3.63, 3.8) is 0 Å². The smallest absolute Gasteiger partial charge is 0.337 e. The van der Waals surface area contributed by atoms with Crippen molar-refractivity contribution in [2.75, 3.05) is 11.1 Å². The monoisotopic (exact) mass is 270 g/mol. The minimum atomic E-state index is -0.980. The van der Waals surface area contributed by atoms with Crippen molar-refractivity contribution >= 4 is 17.3 Å². The normalized spacial score (nSPS) is 11.8. The topological polar surface area (TPSA) is 75.3 Å². The number of carboxylic acid groups (broad SMARTS) is 1. The average Bonchev–Trinajstić information content (AvgIpc) is 2.41. The standard InChI is InChI=1S/C16H18N2O2/c1-11(9-12-5-3-2-4-6-12)18-15-8-7-13(17)10-14(15)16(19)20/h2-8,10-11,18H,9,17H2,1H3,(H,19,20). The van der Waals surface area contributed by atoms with Gasteiger partial charge in [-0.25, -0.2) is 4.79 Å². The number of carbonyl (C=O) groups is 1. The second-order valence-electron chi connectivity index (χ2n) is 4.85. The highest BCUT2D eigenvalue weighted by atomic mass is 16.4. The Kier molecular flexibility index (Phi) is 4.25. The summed E-state index contributed by atoms with van der Waals surface area (Å²) >= 11 is 0. The van der Waals surface area contributed by atoms with Crippen molar-refractivity contribution in [2.45, 2.75) is 19.4 Å². The zero-order valence-corrected chi connectivity index (χ0v) is 11.3. The maximum Gasteiger partial charge on any atom is 0.337 e. The molecule has 104 valence electrons. The van der Waals surface area contributed by atoms with Gasteiger partial charge < -0.3 is 16.2 Å². The zero-order valence-electron chi connectivity index (χ0n) is 11.3. The maximum atomic E-state index is 11.2. The number of hydrogen-bond acceptors (Lipinski definition) is 3. The summed E-state index contributed by atoms with van der Waals surface area (Å²) < 4.78 is 0. The first kappa shape index (κ1) is 13.9. The second kappa shape index (κ2) is 6.10. The van der Waals surface area contributed by atoms with E-state index in [0.29, 0.717) is 11.4 Å². The van der Waals surface area contributed by atoms with Gasteiger partial charge in [-0.2, -0.15) is 0 Å². The van der Waals surface area contributed by atoms with E-state index in [1.807, 2.05) is 25.1 Å². The van der Waals surface area contributed by atoms with Crippen LogP contribution in [0.25, 0.3) is 0 Å². The van der Waals surface area contributed by atoms with Crippen LogP contribution in [0.15, 0.2) is 48.5 Å². The van der Waals surface area contributed by atoms with Crippen LogP contribution < -0.4 is 11.1 Å². The fourth-order valence-corrected chi connectivity index (χ4v) is 2.15. The lowest BCUT2D eigenvalue weighted by Gasteiger charge is -2.17. The minimum Gasteiger partial charge on any atom is -0.478 e. The molecule has 1 unspecified atom stereocenters. The average molecular weight is 270 g/mol. The third kappa shape index (κ3) is 3.51. The van der Waals surface area contributed by atoms with Gasteiger partial charge in [0.15, 0.2) is 0 Å². The molecule has 4 N–H and O–H groups in total. The number of rotatable bonds is 5. The molecule has 2 aromatic carbocycles. The lowest BCUT2D eigenvalue weighted by molar-refractivity contribution is 0.0698. The van der Waals surface area contributed by atoms with Crippen LogP contribution >= 0.6 is 0 Å². The van der Waals surface area contributed by atoms with Crippen LogP contribution in [0.5, 0.6) is 0 Å². The molecular formula is C16H18N2O2. The molecule has 0 aromatic heterocycles. The summed E-state index contributed by atoms with van der Waals surface area (Å²) in [7, 11) is 0. The van der Waals surface area contributed by atoms with E-state index in [0.717, 1.165) is 6.42 Å². The molecule has 0 saturated heterocycles. The fourth-order valence-electron chi connectivity index (χ4n) is 2.15. The Labute approximate surface area is 118 Å². The highest BCUT2D eigenvalue weighted by Crippen LogP contribution is 2.20. The molecule has 0 spiro atoms. The molecule has 0 fully saturated rings. The van der Waals surface area contributed by atoms with E-state index >= 15 is 0 Å². The molecule has 2 rings (SSSR count). The van der Waals surface area contributed by atoms with E-state index in [1.165, 1.54) is 11.6 Å². The van der Waals surface area contributed by atoms with Gasteiger partial charge in [-0.3, -0.25) is 0 Å². The second-order valence-corrected chi connectivity index (χ2v) is 4.85. The molecule has 0 amide bonds. The molecule has 1 atom stereocenters. The third-order valence-corrected chi connectivity index (χ3v) is 3.06. The quantitative estimate of drug-likeness (QED) is 0.730. The van der Waals surface area contributed by atoms with E-state index in [-0.39, 0.29) is 11.6 Å². The first-order valence-electron chi connectivity index (χ1n) is 6.49. The van der Waals surface area contributed by atoms with Crippen LogP contribution in [0.2, 0.25) is 0 Å². The number of anilines is 2. The predicted molar refractivity (Wildman–Crippen MR) is 81.0 cm³/mol. The summed E-state index contributed by atoms with van der Waals surface area (Å²) in [4.78, 5) is 11.2. The molecule has 4 nitrogen and oxygen atoms in total. The zero-order chi connectivity index (χ0) is 14.5. The van der Waals surface area contributed by atoms with Crippen LogP contribution in [0, 0.1) is 0 Å². The number of nitrogens with two attached hydrogens (primary N) is 1. The van der Waals surface area contributed by atoms with Crippen LogP contribution in [-0.2, 0) is 6.42 Å². The van der Waals surface area contributed by atoms with Crippen molar-refractivity contribution in [2.24, 2.45) is 0 Å². The highest BCUT2D eigenvalue weighted by molar-refractivity contribution is 5.95. The van der Waals surface area contributed by atoms with Gasteiger partial charge in [-0.15, -0.1) is 0 Å². The van der Waals surface area contributed by atoms with E-state index in [4.69, 9.17) is 5.73 Å². The van der Waals surface area contributed by atoms with Gasteiger partial charge in [0.2, 0.25) is 0 Å². The summed E-state index contributed by atoms with van der Waals surface area (Å²) in [6, 6.07) is 15.1. The molecule has 0 bridgehead atoms. The predicted octanol–water partition coefficient (Wildman–Crippen LogP) is 3.01. The number of hydrogen-bond donors (Lipinski definition) is 3. The van der Waals surface area contributed by atoms with Gasteiger partial charge in [0.05, 0.1) is 5.56 Å². The summed E-state index contributed by atoms with van der Waals surface area (Å²) in [5.74, 6) is -0.980. The van der Waals surface area contributed by atoms with Crippen LogP contribution in [0.4, 0.5) is 11.4 Å². The van der Waals surface area contributed by atoms with Gasteiger partial charge in [-0.05, 0) is 37.1 Å². The van der Waals surface area contributed by atoms with E-state index in [9.17, 15) is 9.90 Å². The van der Waals surface area contributed by atoms with Crippen molar-refractivity contribution in [1.82, 2.24) is 0 Å². The van der Waals surface area contributed by atoms with Crippen molar-refractivity contribution in [3.05, 3.63) is 59.7 Å². The molecule has 0 radical (unpaired) electrons. The highest BCUT2D eigenvalue weighted by Gasteiger charge is 2.12. The molecule has 0 saturated carbocycles. The molecule has 20 heavy (non-hydrogen) atoms. The third-order valence-electron chi connectivity index (χ3n) is 3.06. The molecule has 0 aliphatic rings.